The van der Waals surface area contributed by atoms with Gasteiger partial charge in [-0.15, -0.1) is 0 Å². The highest BCUT2D eigenvalue weighted by molar-refractivity contribution is 6.32. The summed E-state index contributed by atoms with van der Waals surface area (Å²) in [7, 11) is 0. The Bertz CT molecular complexity index is 811. The van der Waals surface area contributed by atoms with Gasteiger partial charge >= 0.3 is 0 Å². The number of carbonyl (C=O) groups excluding carboxylic acids is 2. The molecule has 2 amide bonds. The molecule has 0 saturated carbocycles. The minimum atomic E-state index is -0.285. The first-order valence-corrected chi connectivity index (χ1v) is 8.77. The van der Waals surface area contributed by atoms with E-state index in [2.05, 4.69) is 10.6 Å². The van der Waals surface area contributed by atoms with E-state index < -0.39 is 0 Å². The van der Waals surface area contributed by atoms with E-state index in [4.69, 9.17) is 16.3 Å². The average molecular weight is 375 g/mol. The summed E-state index contributed by atoms with van der Waals surface area (Å²) >= 11 is 6.13. The van der Waals surface area contributed by atoms with Crippen LogP contribution in [0.4, 0.5) is 11.4 Å². The van der Waals surface area contributed by atoms with Crippen LogP contribution in [0.3, 0.4) is 0 Å². The second kappa shape index (κ2) is 8.72. The molecular formula is C20H23ClN2O3. The van der Waals surface area contributed by atoms with E-state index in [0.29, 0.717) is 28.6 Å². The fraction of sp³-hybridized carbons (Fsp3) is 0.300. The zero-order valence-corrected chi connectivity index (χ0v) is 16.2. The molecule has 0 bridgehead atoms. The van der Waals surface area contributed by atoms with Crippen LogP contribution < -0.4 is 15.4 Å². The molecule has 2 aromatic carbocycles. The van der Waals surface area contributed by atoms with Crippen LogP contribution in [0.1, 0.15) is 30.0 Å². The predicted molar refractivity (Wildman–Crippen MR) is 105 cm³/mol. The highest BCUT2D eigenvalue weighted by atomic mass is 35.5. The fourth-order valence-electron chi connectivity index (χ4n) is 2.41. The molecule has 0 aromatic heterocycles. The quantitative estimate of drug-likeness (QED) is 0.774. The first kappa shape index (κ1) is 19.8. The maximum Gasteiger partial charge on any atom is 0.262 e. The van der Waals surface area contributed by atoms with Crippen LogP contribution in [0.2, 0.25) is 5.02 Å². The molecule has 0 heterocycles. The Morgan fingerprint density at radius 3 is 2.23 bits per heavy atom. The van der Waals surface area contributed by atoms with Gasteiger partial charge in [-0.05, 0) is 61.7 Å². The third kappa shape index (κ3) is 5.23. The van der Waals surface area contributed by atoms with Crippen molar-refractivity contribution in [3.63, 3.8) is 0 Å². The van der Waals surface area contributed by atoms with E-state index in [-0.39, 0.29) is 18.4 Å². The largest absolute Gasteiger partial charge is 0.484 e. The molecule has 6 heteroatoms. The van der Waals surface area contributed by atoms with Crippen molar-refractivity contribution >= 4 is 34.8 Å². The monoisotopic (exact) mass is 374 g/mol. The molecular weight excluding hydrogens is 352 g/mol. The van der Waals surface area contributed by atoms with E-state index >= 15 is 0 Å². The number of hydrogen-bond acceptors (Lipinski definition) is 3. The molecule has 0 aliphatic heterocycles. The second-order valence-electron chi connectivity index (χ2n) is 6.14. The van der Waals surface area contributed by atoms with Gasteiger partial charge in [-0.25, -0.2) is 0 Å². The molecule has 0 fully saturated rings. The zero-order valence-electron chi connectivity index (χ0n) is 15.4. The number of ether oxygens (including phenoxy) is 1. The fourth-order valence-corrected chi connectivity index (χ4v) is 2.52. The summed E-state index contributed by atoms with van der Waals surface area (Å²) in [6.45, 7) is 7.34. The van der Waals surface area contributed by atoms with E-state index in [1.165, 1.54) is 0 Å². The standard InChI is InChI=1S/C20H23ClN2O3/c1-5-18(24)23-17-10-15(7-6-12(17)2)22-19(25)11-26-16-8-13(3)20(21)14(4)9-16/h6-10H,5,11H2,1-4H3,(H,22,25)(H,23,24). The van der Waals surface area contributed by atoms with Gasteiger partial charge in [0.05, 0.1) is 0 Å². The van der Waals surface area contributed by atoms with E-state index in [1.54, 1.807) is 31.2 Å². The maximum absolute atomic E-state index is 12.1. The van der Waals surface area contributed by atoms with Crippen molar-refractivity contribution < 1.29 is 14.3 Å². The van der Waals surface area contributed by atoms with Crippen molar-refractivity contribution in [3.8, 4) is 5.75 Å². The highest BCUT2D eigenvalue weighted by Crippen LogP contribution is 2.26. The Kier molecular flexibility index (Phi) is 6.64. The molecule has 0 spiro atoms. The van der Waals surface area contributed by atoms with Crippen molar-refractivity contribution in [3.05, 3.63) is 52.0 Å². The second-order valence-corrected chi connectivity index (χ2v) is 6.52. The summed E-state index contributed by atoms with van der Waals surface area (Å²) < 4.78 is 5.55. The van der Waals surface area contributed by atoms with Gasteiger partial charge in [0.15, 0.2) is 6.61 Å². The lowest BCUT2D eigenvalue weighted by Crippen LogP contribution is -2.20. The minimum Gasteiger partial charge on any atom is -0.484 e. The van der Waals surface area contributed by atoms with Crippen LogP contribution in [-0.4, -0.2) is 18.4 Å². The molecule has 2 aromatic rings. The molecule has 5 nitrogen and oxygen atoms in total. The van der Waals surface area contributed by atoms with Gasteiger partial charge in [0, 0.05) is 22.8 Å². The van der Waals surface area contributed by atoms with Crippen LogP contribution in [0.5, 0.6) is 5.75 Å². The van der Waals surface area contributed by atoms with Crippen molar-refractivity contribution in [1.82, 2.24) is 0 Å². The molecule has 0 radical (unpaired) electrons. The molecule has 0 aliphatic carbocycles. The molecule has 2 N–H and O–H groups in total. The number of halogens is 1. The highest BCUT2D eigenvalue weighted by Gasteiger charge is 2.09. The normalized spacial score (nSPS) is 10.3. The van der Waals surface area contributed by atoms with Gasteiger partial charge in [0.25, 0.3) is 5.91 Å². The lowest BCUT2D eigenvalue weighted by Gasteiger charge is -2.12. The lowest BCUT2D eigenvalue weighted by atomic mass is 10.1. The number of nitrogens with one attached hydrogen (secondary N) is 2. The number of anilines is 2. The molecule has 26 heavy (non-hydrogen) atoms. The first-order chi connectivity index (χ1) is 12.3. The van der Waals surface area contributed by atoms with E-state index in [9.17, 15) is 9.59 Å². The maximum atomic E-state index is 12.1. The average Bonchev–Trinajstić information content (AvgIpc) is 2.60. The number of carbonyl (C=O) groups is 2. The van der Waals surface area contributed by atoms with Crippen LogP contribution in [0.15, 0.2) is 30.3 Å². The molecule has 0 saturated heterocycles. The molecule has 0 atom stereocenters. The SMILES string of the molecule is CCC(=O)Nc1cc(NC(=O)COc2cc(C)c(Cl)c(C)c2)ccc1C. The van der Waals surface area contributed by atoms with Crippen LogP contribution >= 0.6 is 11.6 Å². The van der Waals surface area contributed by atoms with E-state index in [0.717, 1.165) is 16.7 Å². The van der Waals surface area contributed by atoms with Crippen molar-refractivity contribution in [2.75, 3.05) is 17.2 Å². The summed E-state index contributed by atoms with van der Waals surface area (Å²) in [5.74, 6) is 0.236. The number of rotatable bonds is 6. The summed E-state index contributed by atoms with van der Waals surface area (Å²) in [6, 6.07) is 8.95. The molecule has 0 unspecified atom stereocenters. The van der Waals surface area contributed by atoms with E-state index in [1.807, 2.05) is 26.8 Å². The van der Waals surface area contributed by atoms with Crippen LogP contribution in [-0.2, 0) is 9.59 Å². The lowest BCUT2D eigenvalue weighted by molar-refractivity contribution is -0.118. The Morgan fingerprint density at radius 2 is 1.62 bits per heavy atom. The van der Waals surface area contributed by atoms with Gasteiger partial charge in [-0.2, -0.15) is 0 Å². The Labute approximate surface area is 158 Å². The number of amides is 2. The first-order valence-electron chi connectivity index (χ1n) is 8.40. The van der Waals surface area contributed by atoms with Crippen molar-refractivity contribution in [1.29, 1.82) is 0 Å². The predicted octanol–water partition coefficient (Wildman–Crippen LogP) is 4.63. The minimum absolute atomic E-state index is 0.0756. The summed E-state index contributed by atoms with van der Waals surface area (Å²) in [5, 5.41) is 6.28. The molecule has 138 valence electrons. The Balaban J connectivity index is 1.99. The van der Waals surface area contributed by atoms with Crippen molar-refractivity contribution in [2.45, 2.75) is 34.1 Å². The number of aryl methyl sites for hydroxylation is 3. The summed E-state index contributed by atoms with van der Waals surface area (Å²) in [6.07, 6.45) is 0.393. The van der Waals surface area contributed by atoms with Crippen LogP contribution in [0, 0.1) is 20.8 Å². The summed E-state index contributed by atoms with van der Waals surface area (Å²) in [5.41, 5.74) is 4.00. The third-order valence-electron chi connectivity index (χ3n) is 3.90. The zero-order chi connectivity index (χ0) is 19.3. The van der Waals surface area contributed by atoms with Gasteiger partial charge in [0.2, 0.25) is 5.91 Å². The third-order valence-corrected chi connectivity index (χ3v) is 4.49. The number of hydrogen-bond donors (Lipinski definition) is 2. The Morgan fingerprint density at radius 1 is 0.962 bits per heavy atom. The topological polar surface area (TPSA) is 67.4 Å². The Hall–Kier alpha value is -2.53. The van der Waals surface area contributed by atoms with Crippen LogP contribution in [0.25, 0.3) is 0 Å². The smallest absolute Gasteiger partial charge is 0.262 e. The summed E-state index contributed by atoms with van der Waals surface area (Å²) in [4.78, 5) is 23.7. The van der Waals surface area contributed by atoms with Gasteiger partial charge < -0.3 is 15.4 Å². The van der Waals surface area contributed by atoms with Gasteiger partial charge in [0.1, 0.15) is 5.75 Å². The van der Waals surface area contributed by atoms with Gasteiger partial charge in [-0.3, -0.25) is 9.59 Å². The molecule has 2 rings (SSSR count). The van der Waals surface area contributed by atoms with Gasteiger partial charge in [-0.1, -0.05) is 24.6 Å². The van der Waals surface area contributed by atoms with Crippen molar-refractivity contribution in [2.24, 2.45) is 0 Å². The molecule has 0 aliphatic rings. The number of benzene rings is 2.